The van der Waals surface area contributed by atoms with Crippen LogP contribution < -0.4 is 5.32 Å². The number of hydrogen-bond donors (Lipinski definition) is 1. The number of halogens is 3. The molecular formula is C16H16Cl3N. The van der Waals surface area contributed by atoms with Crippen LogP contribution in [0.2, 0.25) is 15.1 Å². The van der Waals surface area contributed by atoms with Crippen LogP contribution in [0.4, 0.5) is 5.69 Å². The van der Waals surface area contributed by atoms with Crippen molar-refractivity contribution in [3.05, 3.63) is 62.6 Å². The molecule has 0 heterocycles. The maximum Gasteiger partial charge on any atom is 0.0595 e. The maximum atomic E-state index is 6.09. The Hall–Kier alpha value is -0.890. The van der Waals surface area contributed by atoms with Crippen molar-refractivity contribution in [2.75, 3.05) is 5.32 Å². The minimum absolute atomic E-state index is 0.185. The molecule has 1 unspecified atom stereocenters. The largest absolute Gasteiger partial charge is 0.378 e. The van der Waals surface area contributed by atoms with E-state index in [2.05, 4.69) is 12.2 Å². The summed E-state index contributed by atoms with van der Waals surface area (Å²) >= 11 is 18.0. The molecule has 0 spiro atoms. The molecule has 106 valence electrons. The minimum Gasteiger partial charge on any atom is -0.378 e. The molecule has 0 aliphatic rings. The first-order valence-corrected chi connectivity index (χ1v) is 7.62. The highest BCUT2D eigenvalue weighted by Gasteiger charge is 2.12. The smallest absolute Gasteiger partial charge is 0.0595 e. The molecule has 2 aromatic carbocycles. The Morgan fingerprint density at radius 1 is 1.00 bits per heavy atom. The Morgan fingerprint density at radius 3 is 2.35 bits per heavy atom. The Balaban J connectivity index is 2.26. The lowest BCUT2D eigenvalue weighted by molar-refractivity contribution is 0.748. The van der Waals surface area contributed by atoms with Crippen LogP contribution in [0.3, 0.4) is 0 Å². The van der Waals surface area contributed by atoms with Crippen LogP contribution in [-0.2, 0) is 0 Å². The molecule has 2 rings (SSSR count). The van der Waals surface area contributed by atoms with Gasteiger partial charge in [-0.15, -0.1) is 0 Å². The average Bonchev–Trinajstić information content (AvgIpc) is 2.41. The first-order chi connectivity index (χ1) is 9.51. The lowest BCUT2D eigenvalue weighted by atomic mass is 10.0. The predicted octanol–water partition coefficient (Wildman–Crippen LogP) is 6.52. The van der Waals surface area contributed by atoms with Gasteiger partial charge < -0.3 is 5.32 Å². The van der Waals surface area contributed by atoms with Gasteiger partial charge in [-0.2, -0.15) is 0 Å². The fourth-order valence-corrected chi connectivity index (χ4v) is 2.66. The Morgan fingerprint density at radius 2 is 1.75 bits per heavy atom. The highest BCUT2D eigenvalue weighted by atomic mass is 35.5. The van der Waals surface area contributed by atoms with E-state index in [1.54, 1.807) is 0 Å². The number of anilines is 1. The fraction of sp³-hybridized carbons (Fsp3) is 0.250. The van der Waals surface area contributed by atoms with Gasteiger partial charge >= 0.3 is 0 Å². The summed E-state index contributed by atoms with van der Waals surface area (Å²) in [6.45, 7) is 4.17. The second-order valence-corrected chi connectivity index (χ2v) is 5.99. The highest BCUT2D eigenvalue weighted by molar-refractivity contribution is 6.42. The summed E-state index contributed by atoms with van der Waals surface area (Å²) in [6.07, 6.45) is 0.944. The van der Waals surface area contributed by atoms with Gasteiger partial charge in [0.1, 0.15) is 0 Å². The third kappa shape index (κ3) is 3.60. The van der Waals surface area contributed by atoms with Crippen molar-refractivity contribution in [2.45, 2.75) is 26.3 Å². The topological polar surface area (TPSA) is 12.0 Å². The van der Waals surface area contributed by atoms with Crippen LogP contribution in [0.25, 0.3) is 0 Å². The van der Waals surface area contributed by atoms with Gasteiger partial charge in [-0.25, -0.2) is 0 Å². The van der Waals surface area contributed by atoms with E-state index in [0.29, 0.717) is 10.0 Å². The zero-order valence-electron chi connectivity index (χ0n) is 11.4. The molecule has 1 nitrogen and oxygen atoms in total. The standard InChI is InChI=1S/C16H16Cl3N/c1-3-15(11-4-6-13(18)14(19)9-11)20-16-7-5-12(17)8-10(16)2/h4-9,15,20H,3H2,1-2H3. The minimum atomic E-state index is 0.185. The highest BCUT2D eigenvalue weighted by Crippen LogP contribution is 2.30. The quantitative estimate of drug-likeness (QED) is 0.673. The molecule has 0 saturated carbocycles. The van der Waals surface area contributed by atoms with Crippen molar-refractivity contribution in [1.82, 2.24) is 0 Å². The summed E-state index contributed by atoms with van der Waals surface area (Å²) < 4.78 is 0. The number of benzene rings is 2. The average molecular weight is 329 g/mol. The fourth-order valence-electron chi connectivity index (χ4n) is 2.13. The lowest BCUT2D eigenvalue weighted by Crippen LogP contribution is -2.10. The van der Waals surface area contributed by atoms with Crippen molar-refractivity contribution in [2.24, 2.45) is 0 Å². The van der Waals surface area contributed by atoms with Gasteiger partial charge in [-0.1, -0.05) is 47.8 Å². The Kier molecular flexibility index (Phi) is 5.20. The van der Waals surface area contributed by atoms with Gasteiger partial charge in [0.05, 0.1) is 16.1 Å². The number of rotatable bonds is 4. The summed E-state index contributed by atoms with van der Waals surface area (Å²) in [6, 6.07) is 11.8. The van der Waals surface area contributed by atoms with Gasteiger partial charge in [-0.3, -0.25) is 0 Å². The van der Waals surface area contributed by atoms with Gasteiger partial charge in [-0.05, 0) is 54.8 Å². The molecule has 0 aliphatic heterocycles. The van der Waals surface area contributed by atoms with Gasteiger partial charge in [0, 0.05) is 10.7 Å². The molecule has 0 aromatic heterocycles. The summed E-state index contributed by atoms with van der Waals surface area (Å²) in [4.78, 5) is 0. The molecule has 20 heavy (non-hydrogen) atoms. The van der Waals surface area contributed by atoms with E-state index < -0.39 is 0 Å². The van der Waals surface area contributed by atoms with E-state index >= 15 is 0 Å². The van der Waals surface area contributed by atoms with E-state index in [4.69, 9.17) is 34.8 Å². The third-order valence-electron chi connectivity index (χ3n) is 3.27. The molecule has 1 atom stereocenters. The maximum absolute atomic E-state index is 6.09. The van der Waals surface area contributed by atoms with Crippen LogP contribution in [0.1, 0.15) is 30.5 Å². The normalized spacial score (nSPS) is 12.2. The Labute approximate surface area is 134 Å². The van der Waals surface area contributed by atoms with E-state index in [1.807, 2.05) is 43.3 Å². The zero-order chi connectivity index (χ0) is 14.7. The van der Waals surface area contributed by atoms with Crippen LogP contribution in [-0.4, -0.2) is 0 Å². The molecule has 0 radical (unpaired) electrons. The third-order valence-corrected chi connectivity index (χ3v) is 4.25. The molecule has 0 bridgehead atoms. The van der Waals surface area contributed by atoms with Crippen molar-refractivity contribution in [3.8, 4) is 0 Å². The molecule has 0 saturated heterocycles. The number of aryl methyl sites for hydroxylation is 1. The summed E-state index contributed by atoms with van der Waals surface area (Å²) in [7, 11) is 0. The lowest BCUT2D eigenvalue weighted by Gasteiger charge is -2.21. The van der Waals surface area contributed by atoms with Crippen molar-refractivity contribution in [1.29, 1.82) is 0 Å². The van der Waals surface area contributed by atoms with Crippen LogP contribution in [0.5, 0.6) is 0 Å². The summed E-state index contributed by atoms with van der Waals surface area (Å²) in [5.74, 6) is 0. The molecule has 0 amide bonds. The van der Waals surface area contributed by atoms with Gasteiger partial charge in [0.2, 0.25) is 0 Å². The number of hydrogen-bond acceptors (Lipinski definition) is 1. The van der Waals surface area contributed by atoms with Crippen LogP contribution >= 0.6 is 34.8 Å². The molecule has 1 N–H and O–H groups in total. The van der Waals surface area contributed by atoms with E-state index in [1.165, 1.54) is 0 Å². The SMILES string of the molecule is CCC(Nc1ccc(Cl)cc1C)c1ccc(Cl)c(Cl)c1. The predicted molar refractivity (Wildman–Crippen MR) is 89.3 cm³/mol. The summed E-state index contributed by atoms with van der Waals surface area (Å²) in [5.41, 5.74) is 3.32. The van der Waals surface area contributed by atoms with E-state index in [0.717, 1.165) is 28.3 Å². The number of nitrogens with one attached hydrogen (secondary N) is 1. The Bertz CT molecular complexity index is 611. The molecule has 0 aliphatic carbocycles. The van der Waals surface area contributed by atoms with Crippen molar-refractivity contribution >= 4 is 40.5 Å². The van der Waals surface area contributed by atoms with Crippen molar-refractivity contribution in [3.63, 3.8) is 0 Å². The molecule has 4 heteroatoms. The van der Waals surface area contributed by atoms with Crippen LogP contribution in [0, 0.1) is 6.92 Å². The first kappa shape index (κ1) is 15.5. The molecule has 2 aromatic rings. The zero-order valence-corrected chi connectivity index (χ0v) is 13.7. The van der Waals surface area contributed by atoms with E-state index in [-0.39, 0.29) is 6.04 Å². The van der Waals surface area contributed by atoms with Crippen molar-refractivity contribution < 1.29 is 0 Å². The second kappa shape index (κ2) is 6.71. The van der Waals surface area contributed by atoms with Gasteiger partial charge in [0.15, 0.2) is 0 Å². The van der Waals surface area contributed by atoms with E-state index in [9.17, 15) is 0 Å². The molecule has 0 fully saturated rings. The summed E-state index contributed by atoms with van der Waals surface area (Å²) in [5, 5.41) is 5.43. The second-order valence-electron chi connectivity index (χ2n) is 4.74. The molecular weight excluding hydrogens is 313 g/mol. The monoisotopic (exact) mass is 327 g/mol. The first-order valence-electron chi connectivity index (χ1n) is 6.49. The van der Waals surface area contributed by atoms with Crippen LogP contribution in [0.15, 0.2) is 36.4 Å². The van der Waals surface area contributed by atoms with Gasteiger partial charge in [0.25, 0.3) is 0 Å².